The fourth-order valence-electron chi connectivity index (χ4n) is 4.25. The van der Waals surface area contributed by atoms with Crippen molar-refractivity contribution in [2.24, 2.45) is 0 Å². The standard InChI is InChI=1S/C23H22FN5OS/c1-15-26-20(21(31-15)16-7-3-2-4-8-16)22(30)28-12-6-5-9-18(28)13-17-14-29-19(27-17)10-11-25-23(29)24/h2-4,7-8,10-11,14,18H,5-6,9,12-13H2,1H3/t18-/m0/s1. The number of rotatable bonds is 4. The lowest BCUT2D eigenvalue weighted by Gasteiger charge is -2.35. The first kappa shape index (κ1) is 19.8. The molecule has 31 heavy (non-hydrogen) atoms. The quantitative estimate of drug-likeness (QED) is 0.442. The van der Waals surface area contributed by atoms with E-state index in [9.17, 15) is 9.18 Å². The SMILES string of the molecule is Cc1nc(C(=O)N2CCCC[C@H]2Cc2cn3c(F)nccc3n2)c(-c2ccccc2)s1. The molecule has 0 bridgehead atoms. The van der Waals surface area contributed by atoms with Crippen molar-refractivity contribution in [1.82, 2.24) is 24.3 Å². The maximum Gasteiger partial charge on any atom is 0.294 e. The van der Waals surface area contributed by atoms with Crippen molar-refractivity contribution in [1.29, 1.82) is 0 Å². The summed E-state index contributed by atoms with van der Waals surface area (Å²) in [6.45, 7) is 2.62. The van der Waals surface area contributed by atoms with Crippen molar-refractivity contribution in [3.8, 4) is 10.4 Å². The van der Waals surface area contributed by atoms with Crippen molar-refractivity contribution in [2.45, 2.75) is 38.6 Å². The second-order valence-corrected chi connectivity index (χ2v) is 9.01. The van der Waals surface area contributed by atoms with E-state index in [1.54, 1.807) is 23.6 Å². The minimum Gasteiger partial charge on any atom is -0.334 e. The zero-order valence-corrected chi connectivity index (χ0v) is 18.0. The van der Waals surface area contributed by atoms with Crippen LogP contribution in [0.5, 0.6) is 0 Å². The molecule has 0 unspecified atom stereocenters. The van der Waals surface area contributed by atoms with Crippen LogP contribution in [0.1, 0.15) is 40.5 Å². The van der Waals surface area contributed by atoms with Crippen LogP contribution in [-0.2, 0) is 6.42 Å². The first-order valence-corrected chi connectivity index (χ1v) is 11.2. The second kappa shape index (κ2) is 8.19. The number of hydrogen-bond donors (Lipinski definition) is 0. The van der Waals surface area contributed by atoms with E-state index in [2.05, 4.69) is 15.0 Å². The van der Waals surface area contributed by atoms with Crippen LogP contribution in [0, 0.1) is 13.0 Å². The Morgan fingerprint density at radius 1 is 1.19 bits per heavy atom. The lowest BCUT2D eigenvalue weighted by Crippen LogP contribution is -2.45. The molecule has 1 aliphatic heterocycles. The van der Waals surface area contributed by atoms with Crippen LogP contribution in [0.25, 0.3) is 16.1 Å². The molecule has 0 spiro atoms. The largest absolute Gasteiger partial charge is 0.334 e. The number of thiazole rings is 1. The summed E-state index contributed by atoms with van der Waals surface area (Å²) in [6.07, 6.45) is 6.00. The van der Waals surface area contributed by atoms with E-state index in [-0.39, 0.29) is 11.9 Å². The summed E-state index contributed by atoms with van der Waals surface area (Å²) < 4.78 is 15.3. The Balaban J connectivity index is 1.44. The summed E-state index contributed by atoms with van der Waals surface area (Å²) in [5, 5.41) is 0.874. The summed E-state index contributed by atoms with van der Waals surface area (Å²) in [5.41, 5.74) is 2.81. The third-order valence-corrected chi connectivity index (χ3v) is 6.71. The van der Waals surface area contributed by atoms with E-state index in [0.29, 0.717) is 24.3 Å². The molecule has 1 atom stereocenters. The van der Waals surface area contributed by atoms with Crippen LogP contribution < -0.4 is 0 Å². The number of fused-ring (bicyclic) bond motifs is 1. The van der Waals surface area contributed by atoms with E-state index >= 15 is 0 Å². The number of piperidine rings is 1. The number of likely N-dealkylation sites (tertiary alicyclic amines) is 1. The van der Waals surface area contributed by atoms with Gasteiger partial charge in [-0.2, -0.15) is 4.39 Å². The normalized spacial score (nSPS) is 16.7. The molecule has 0 saturated carbocycles. The number of carbonyl (C=O) groups excluding carboxylic acids is 1. The van der Waals surface area contributed by atoms with Crippen molar-refractivity contribution in [2.75, 3.05) is 6.54 Å². The molecule has 0 aliphatic carbocycles. The summed E-state index contributed by atoms with van der Waals surface area (Å²) in [5.74, 6) is -0.0375. The van der Waals surface area contributed by atoms with E-state index in [1.807, 2.05) is 42.2 Å². The van der Waals surface area contributed by atoms with Crippen LogP contribution in [0.2, 0.25) is 0 Å². The molecule has 0 radical (unpaired) electrons. The summed E-state index contributed by atoms with van der Waals surface area (Å²) >= 11 is 1.55. The fraction of sp³-hybridized carbons (Fsp3) is 0.304. The van der Waals surface area contributed by atoms with Gasteiger partial charge < -0.3 is 4.90 Å². The number of halogens is 1. The molecule has 8 heteroatoms. The molecule has 1 aliphatic rings. The van der Waals surface area contributed by atoms with Gasteiger partial charge in [0.15, 0.2) is 0 Å². The number of hydrogen-bond acceptors (Lipinski definition) is 5. The molecular weight excluding hydrogens is 413 g/mol. The number of amides is 1. The van der Waals surface area contributed by atoms with Crippen molar-refractivity contribution in [3.63, 3.8) is 0 Å². The Labute approximate surface area is 183 Å². The van der Waals surface area contributed by atoms with E-state index in [0.717, 1.165) is 40.4 Å². The number of aromatic nitrogens is 4. The molecule has 1 amide bonds. The van der Waals surface area contributed by atoms with Gasteiger partial charge >= 0.3 is 0 Å². The summed E-state index contributed by atoms with van der Waals surface area (Å²) in [6, 6.07) is 11.6. The molecule has 1 fully saturated rings. The lowest BCUT2D eigenvalue weighted by molar-refractivity contribution is 0.0608. The van der Waals surface area contributed by atoms with Crippen molar-refractivity contribution in [3.05, 3.63) is 71.3 Å². The third kappa shape index (κ3) is 3.83. The van der Waals surface area contributed by atoms with Gasteiger partial charge in [0.25, 0.3) is 12.0 Å². The first-order valence-electron chi connectivity index (χ1n) is 10.4. The van der Waals surface area contributed by atoms with Crippen LogP contribution in [-0.4, -0.2) is 42.7 Å². The maximum absolute atomic E-state index is 14.0. The topological polar surface area (TPSA) is 63.4 Å². The van der Waals surface area contributed by atoms with Crippen LogP contribution in [0.3, 0.4) is 0 Å². The molecule has 4 heterocycles. The smallest absolute Gasteiger partial charge is 0.294 e. The first-order chi connectivity index (χ1) is 15.1. The van der Waals surface area contributed by atoms with E-state index in [1.165, 1.54) is 10.6 Å². The number of carbonyl (C=O) groups is 1. The van der Waals surface area contributed by atoms with Gasteiger partial charge in [0.1, 0.15) is 11.3 Å². The molecule has 0 N–H and O–H groups in total. The highest BCUT2D eigenvalue weighted by molar-refractivity contribution is 7.15. The predicted molar refractivity (Wildman–Crippen MR) is 118 cm³/mol. The Kier molecular flexibility index (Phi) is 5.23. The zero-order valence-electron chi connectivity index (χ0n) is 17.2. The highest BCUT2D eigenvalue weighted by Gasteiger charge is 2.31. The average Bonchev–Trinajstić information content (AvgIpc) is 3.38. The lowest BCUT2D eigenvalue weighted by atomic mass is 9.97. The minimum absolute atomic E-state index is 0.00723. The van der Waals surface area contributed by atoms with Gasteiger partial charge in [-0.3, -0.25) is 9.20 Å². The number of benzene rings is 1. The molecule has 3 aromatic heterocycles. The summed E-state index contributed by atoms with van der Waals surface area (Å²) in [7, 11) is 0. The third-order valence-electron chi connectivity index (χ3n) is 5.69. The fourth-order valence-corrected chi connectivity index (χ4v) is 5.17. The predicted octanol–water partition coefficient (Wildman–Crippen LogP) is 4.54. The molecule has 158 valence electrons. The summed E-state index contributed by atoms with van der Waals surface area (Å²) in [4.78, 5) is 29.3. The maximum atomic E-state index is 14.0. The highest BCUT2D eigenvalue weighted by atomic mass is 32.1. The van der Waals surface area contributed by atoms with Gasteiger partial charge in [-0.1, -0.05) is 30.3 Å². The van der Waals surface area contributed by atoms with Gasteiger partial charge in [-0.15, -0.1) is 11.3 Å². The van der Waals surface area contributed by atoms with Gasteiger partial charge in [-0.25, -0.2) is 15.0 Å². The molecule has 4 aromatic rings. The van der Waals surface area contributed by atoms with Crippen molar-refractivity contribution >= 4 is 22.9 Å². The Morgan fingerprint density at radius 3 is 2.84 bits per heavy atom. The second-order valence-electron chi connectivity index (χ2n) is 7.80. The molecule has 6 nitrogen and oxygen atoms in total. The Hall–Kier alpha value is -3.13. The van der Waals surface area contributed by atoms with Crippen LogP contribution >= 0.6 is 11.3 Å². The van der Waals surface area contributed by atoms with Crippen molar-refractivity contribution < 1.29 is 9.18 Å². The average molecular weight is 436 g/mol. The van der Waals surface area contributed by atoms with Gasteiger partial charge in [0, 0.05) is 31.4 Å². The minimum atomic E-state index is -0.585. The highest BCUT2D eigenvalue weighted by Crippen LogP contribution is 2.32. The van der Waals surface area contributed by atoms with E-state index < -0.39 is 6.08 Å². The van der Waals surface area contributed by atoms with Gasteiger partial charge in [0.2, 0.25) is 0 Å². The number of imidazole rings is 1. The van der Waals surface area contributed by atoms with Gasteiger partial charge in [0.05, 0.1) is 15.6 Å². The molecule has 5 rings (SSSR count). The molecule has 1 saturated heterocycles. The Bertz CT molecular complexity index is 1240. The number of aryl methyl sites for hydroxylation is 1. The van der Waals surface area contributed by atoms with Crippen LogP contribution in [0.15, 0.2) is 48.8 Å². The Morgan fingerprint density at radius 2 is 2.03 bits per heavy atom. The number of nitrogens with zero attached hydrogens (tertiary/aromatic N) is 5. The monoisotopic (exact) mass is 435 g/mol. The van der Waals surface area contributed by atoms with Gasteiger partial charge in [-0.05, 0) is 37.8 Å². The zero-order chi connectivity index (χ0) is 21.4. The van der Waals surface area contributed by atoms with Crippen LogP contribution in [0.4, 0.5) is 4.39 Å². The molecular formula is C23H22FN5OS. The molecule has 1 aromatic carbocycles. The van der Waals surface area contributed by atoms with E-state index in [4.69, 9.17) is 0 Å².